The fourth-order valence-electron chi connectivity index (χ4n) is 1.72. The third kappa shape index (κ3) is 3.07. The molecule has 0 bridgehead atoms. The Morgan fingerprint density at radius 2 is 2.06 bits per heavy atom. The summed E-state index contributed by atoms with van der Waals surface area (Å²) in [6, 6.07) is 4.31. The largest absolute Gasteiger partial charge is 0.504 e. The zero-order valence-corrected chi connectivity index (χ0v) is 9.41. The van der Waals surface area contributed by atoms with Gasteiger partial charge in [0.1, 0.15) is 0 Å². The van der Waals surface area contributed by atoms with Gasteiger partial charge in [0.2, 0.25) is 6.54 Å². The van der Waals surface area contributed by atoms with Gasteiger partial charge in [-0.05, 0) is 12.0 Å². The second kappa shape index (κ2) is 5.49. The van der Waals surface area contributed by atoms with Gasteiger partial charge < -0.3 is 15.3 Å². The van der Waals surface area contributed by atoms with Crippen LogP contribution in [0.2, 0.25) is 0 Å². The van der Waals surface area contributed by atoms with Gasteiger partial charge in [-0.25, -0.2) is 0 Å². The number of para-hydroxylation sites is 1. The van der Waals surface area contributed by atoms with E-state index in [9.17, 15) is 20.3 Å². The van der Waals surface area contributed by atoms with Crippen molar-refractivity contribution in [2.75, 3.05) is 13.2 Å². The van der Waals surface area contributed by atoms with Gasteiger partial charge >= 0.3 is 0 Å². The van der Waals surface area contributed by atoms with Crippen LogP contribution in [0.25, 0.3) is 0 Å². The number of aliphatic hydroxyl groups is 1. The maximum Gasteiger partial charge on any atom is 0.211 e. The standard InChI is InChI=1S/C11H15NO5/c1-7(6-13)9(5-12(16)17)8-3-2-4-10(14)11(8)15/h2-4,7,9,13-15H,5-6H2,1H3/t7-,9-/m1/s1. The van der Waals surface area contributed by atoms with Crippen molar-refractivity contribution in [1.29, 1.82) is 0 Å². The number of nitrogens with zero attached hydrogens (tertiary/aromatic N) is 1. The highest BCUT2D eigenvalue weighted by Gasteiger charge is 2.27. The van der Waals surface area contributed by atoms with Crippen molar-refractivity contribution in [3.8, 4) is 11.5 Å². The monoisotopic (exact) mass is 241 g/mol. The summed E-state index contributed by atoms with van der Waals surface area (Å²) in [7, 11) is 0. The molecule has 0 aliphatic heterocycles. The van der Waals surface area contributed by atoms with Gasteiger partial charge in [-0.3, -0.25) is 10.1 Å². The van der Waals surface area contributed by atoms with Crippen molar-refractivity contribution in [3.05, 3.63) is 33.9 Å². The van der Waals surface area contributed by atoms with Crippen molar-refractivity contribution in [1.82, 2.24) is 0 Å². The van der Waals surface area contributed by atoms with E-state index in [0.717, 1.165) is 0 Å². The molecular weight excluding hydrogens is 226 g/mol. The van der Waals surface area contributed by atoms with Gasteiger partial charge in [0.05, 0.1) is 5.92 Å². The fraction of sp³-hybridized carbons (Fsp3) is 0.455. The molecule has 0 saturated carbocycles. The van der Waals surface area contributed by atoms with Crippen LogP contribution in [0.3, 0.4) is 0 Å². The Balaban J connectivity index is 3.12. The molecule has 6 nitrogen and oxygen atoms in total. The zero-order valence-electron chi connectivity index (χ0n) is 9.41. The van der Waals surface area contributed by atoms with Gasteiger partial charge in [0.25, 0.3) is 0 Å². The minimum Gasteiger partial charge on any atom is -0.504 e. The molecule has 0 heterocycles. The van der Waals surface area contributed by atoms with Gasteiger partial charge in [-0.2, -0.15) is 0 Å². The zero-order chi connectivity index (χ0) is 13.0. The van der Waals surface area contributed by atoms with Crippen molar-refractivity contribution in [3.63, 3.8) is 0 Å². The second-order valence-electron chi connectivity index (χ2n) is 4.00. The molecule has 0 aliphatic carbocycles. The summed E-state index contributed by atoms with van der Waals surface area (Å²) < 4.78 is 0. The summed E-state index contributed by atoms with van der Waals surface area (Å²) in [5.41, 5.74) is 0.281. The van der Waals surface area contributed by atoms with E-state index in [-0.39, 0.29) is 29.6 Å². The number of nitro groups is 1. The molecule has 0 spiro atoms. The Morgan fingerprint density at radius 1 is 1.41 bits per heavy atom. The van der Waals surface area contributed by atoms with Crippen LogP contribution in [0.1, 0.15) is 18.4 Å². The number of benzene rings is 1. The summed E-state index contributed by atoms with van der Waals surface area (Å²) in [5.74, 6) is -1.70. The van der Waals surface area contributed by atoms with E-state index in [1.54, 1.807) is 6.92 Å². The number of aromatic hydroxyl groups is 2. The molecule has 0 saturated heterocycles. The lowest BCUT2D eigenvalue weighted by molar-refractivity contribution is -0.485. The molecule has 1 aromatic carbocycles. The van der Waals surface area contributed by atoms with Gasteiger partial charge in [-0.15, -0.1) is 0 Å². The predicted octanol–water partition coefficient (Wildman–Crippen LogP) is 1.09. The van der Waals surface area contributed by atoms with E-state index in [4.69, 9.17) is 5.11 Å². The van der Waals surface area contributed by atoms with Crippen LogP contribution in [0.4, 0.5) is 0 Å². The number of phenols is 2. The summed E-state index contributed by atoms with van der Waals surface area (Å²) in [6.45, 7) is 1.02. The van der Waals surface area contributed by atoms with Crippen molar-refractivity contribution >= 4 is 0 Å². The lowest BCUT2D eigenvalue weighted by Gasteiger charge is -2.20. The predicted molar refractivity (Wildman–Crippen MR) is 60.6 cm³/mol. The van der Waals surface area contributed by atoms with Crippen LogP contribution in [0.5, 0.6) is 11.5 Å². The first kappa shape index (κ1) is 13.2. The third-order valence-corrected chi connectivity index (χ3v) is 2.77. The van der Waals surface area contributed by atoms with Crippen molar-refractivity contribution in [2.45, 2.75) is 12.8 Å². The lowest BCUT2D eigenvalue weighted by atomic mass is 9.87. The van der Waals surface area contributed by atoms with Crippen LogP contribution in [-0.4, -0.2) is 33.4 Å². The average Bonchev–Trinajstić information content (AvgIpc) is 2.29. The number of hydrogen-bond donors (Lipinski definition) is 3. The Bertz CT molecular complexity index is 407. The number of hydrogen-bond acceptors (Lipinski definition) is 5. The Hall–Kier alpha value is -1.82. The second-order valence-corrected chi connectivity index (χ2v) is 4.00. The van der Waals surface area contributed by atoms with E-state index < -0.39 is 17.4 Å². The molecule has 3 N–H and O–H groups in total. The van der Waals surface area contributed by atoms with Crippen LogP contribution >= 0.6 is 0 Å². The molecule has 6 heteroatoms. The van der Waals surface area contributed by atoms with E-state index >= 15 is 0 Å². The number of rotatable bonds is 5. The van der Waals surface area contributed by atoms with Gasteiger partial charge in [-0.1, -0.05) is 19.1 Å². The van der Waals surface area contributed by atoms with E-state index in [1.807, 2.05) is 0 Å². The first-order valence-electron chi connectivity index (χ1n) is 5.20. The van der Waals surface area contributed by atoms with Crippen molar-refractivity contribution < 1.29 is 20.2 Å². The maximum absolute atomic E-state index is 10.6. The van der Waals surface area contributed by atoms with E-state index in [1.165, 1.54) is 18.2 Å². The maximum atomic E-state index is 10.6. The molecule has 17 heavy (non-hydrogen) atoms. The first-order chi connectivity index (χ1) is 7.97. The molecule has 0 unspecified atom stereocenters. The molecule has 94 valence electrons. The number of aliphatic hydroxyl groups excluding tert-OH is 1. The molecule has 1 rings (SSSR count). The van der Waals surface area contributed by atoms with Crippen LogP contribution in [-0.2, 0) is 0 Å². The highest BCUT2D eigenvalue weighted by molar-refractivity contribution is 5.46. The van der Waals surface area contributed by atoms with Gasteiger partial charge in [0.15, 0.2) is 11.5 Å². The van der Waals surface area contributed by atoms with Crippen molar-refractivity contribution in [2.24, 2.45) is 5.92 Å². The fourth-order valence-corrected chi connectivity index (χ4v) is 1.72. The minimum absolute atomic E-state index is 0.229. The summed E-state index contributed by atoms with van der Waals surface area (Å²) in [6.07, 6.45) is 0. The number of phenolic OH excluding ortho intramolecular Hbond substituents is 2. The highest BCUT2D eigenvalue weighted by atomic mass is 16.6. The quantitative estimate of drug-likeness (QED) is 0.406. The normalized spacial score (nSPS) is 14.2. The van der Waals surface area contributed by atoms with Crippen LogP contribution in [0, 0.1) is 16.0 Å². The Labute approximate surface area is 98.3 Å². The van der Waals surface area contributed by atoms with Crippen LogP contribution < -0.4 is 0 Å². The Kier molecular flexibility index (Phi) is 4.28. The SMILES string of the molecule is C[C@H](CO)[C@@H](C[N+](=O)[O-])c1cccc(O)c1O. The van der Waals surface area contributed by atoms with E-state index in [0.29, 0.717) is 0 Å². The first-order valence-corrected chi connectivity index (χ1v) is 5.20. The topological polar surface area (TPSA) is 104 Å². The Morgan fingerprint density at radius 3 is 2.59 bits per heavy atom. The lowest BCUT2D eigenvalue weighted by Crippen LogP contribution is -2.22. The van der Waals surface area contributed by atoms with Crippen LogP contribution in [0.15, 0.2) is 18.2 Å². The molecule has 0 radical (unpaired) electrons. The summed E-state index contributed by atoms with van der Waals surface area (Å²) >= 11 is 0. The molecule has 0 aromatic heterocycles. The summed E-state index contributed by atoms with van der Waals surface area (Å²) in [5, 5.41) is 38.7. The third-order valence-electron chi connectivity index (χ3n) is 2.77. The van der Waals surface area contributed by atoms with E-state index in [2.05, 4.69) is 0 Å². The molecule has 0 aliphatic rings. The average molecular weight is 241 g/mol. The molecular formula is C11H15NO5. The molecule has 0 amide bonds. The minimum atomic E-state index is -0.637. The molecule has 0 fully saturated rings. The molecule has 2 atom stereocenters. The van der Waals surface area contributed by atoms with Gasteiger partial charge in [0, 0.05) is 17.1 Å². The summed E-state index contributed by atoms with van der Waals surface area (Å²) in [4.78, 5) is 10.1. The smallest absolute Gasteiger partial charge is 0.211 e. The highest BCUT2D eigenvalue weighted by Crippen LogP contribution is 2.36. The molecule has 1 aromatic rings.